The Kier molecular flexibility index (Phi) is 7.84. The molecule has 0 saturated heterocycles. The fourth-order valence-electron chi connectivity index (χ4n) is 0.783. The minimum absolute atomic E-state index is 0.299. The molecule has 0 spiro atoms. The predicted molar refractivity (Wildman–Crippen MR) is 49.8 cm³/mol. The summed E-state index contributed by atoms with van der Waals surface area (Å²) >= 11 is 4.73. The Labute approximate surface area is 73.6 Å². The van der Waals surface area contributed by atoms with Crippen molar-refractivity contribution >= 4 is 17.3 Å². The van der Waals surface area contributed by atoms with Crippen LogP contribution in [0.5, 0.6) is 0 Å². The molecule has 0 aliphatic rings. The van der Waals surface area contributed by atoms with Crippen LogP contribution in [0.15, 0.2) is 0 Å². The van der Waals surface area contributed by atoms with Crippen LogP contribution in [-0.4, -0.2) is 23.4 Å². The second kappa shape index (κ2) is 7.95. The van der Waals surface area contributed by atoms with Crippen LogP contribution in [0.2, 0.25) is 0 Å². The molecule has 0 unspecified atom stereocenters. The van der Waals surface area contributed by atoms with Gasteiger partial charge in [0.15, 0.2) is 5.05 Å². The molecule has 0 rings (SSSR count). The maximum atomic E-state index is 8.46. The molecule has 0 aromatic heterocycles. The summed E-state index contributed by atoms with van der Waals surface area (Å²) in [5, 5.41) is 9.08. The number of hydrogen-bond acceptors (Lipinski definition) is 3. The van der Waals surface area contributed by atoms with E-state index in [-0.39, 0.29) is 0 Å². The van der Waals surface area contributed by atoms with Gasteiger partial charge in [-0.1, -0.05) is 6.42 Å². The van der Waals surface area contributed by atoms with Crippen molar-refractivity contribution < 1.29 is 9.84 Å². The molecule has 0 atom stereocenters. The molecular weight excluding hydrogens is 160 g/mol. The normalized spacial score (nSPS) is 9.64. The van der Waals surface area contributed by atoms with Crippen LogP contribution < -0.4 is 0 Å². The molecule has 0 aliphatic heterocycles. The molecule has 0 saturated carbocycles. The van der Waals surface area contributed by atoms with Gasteiger partial charge in [-0.15, -0.1) is 0 Å². The van der Waals surface area contributed by atoms with E-state index in [0.29, 0.717) is 11.7 Å². The summed E-state index contributed by atoms with van der Waals surface area (Å²) < 4.78 is 5.09. The number of rotatable bonds is 6. The highest BCUT2D eigenvalue weighted by Gasteiger charge is 1.90. The number of ether oxygens (including phenoxy) is 1. The van der Waals surface area contributed by atoms with E-state index in [1.165, 1.54) is 0 Å². The monoisotopic (exact) mass is 176 g/mol. The molecule has 0 aliphatic carbocycles. The van der Waals surface area contributed by atoms with Crippen molar-refractivity contribution in [3.8, 4) is 0 Å². The molecule has 0 aromatic rings. The van der Waals surface area contributed by atoms with Crippen molar-refractivity contribution in [3.05, 3.63) is 0 Å². The molecule has 0 heterocycles. The Hall–Kier alpha value is -0.150. The molecule has 3 heteroatoms. The minimum atomic E-state index is 0.299. The second-order valence-electron chi connectivity index (χ2n) is 2.48. The van der Waals surface area contributed by atoms with E-state index in [1.807, 2.05) is 0 Å². The van der Waals surface area contributed by atoms with E-state index in [1.54, 1.807) is 6.92 Å². The van der Waals surface area contributed by atoms with Gasteiger partial charge in [-0.3, -0.25) is 0 Å². The Morgan fingerprint density at radius 2 is 1.91 bits per heavy atom. The topological polar surface area (TPSA) is 29.5 Å². The molecule has 2 nitrogen and oxygen atoms in total. The quantitative estimate of drug-likeness (QED) is 0.495. The van der Waals surface area contributed by atoms with Crippen molar-refractivity contribution in [1.29, 1.82) is 0 Å². The molecule has 66 valence electrons. The Balaban J connectivity index is 2.85. The van der Waals surface area contributed by atoms with E-state index < -0.39 is 0 Å². The molecule has 0 amide bonds. The summed E-state index contributed by atoms with van der Waals surface area (Å²) in [5.41, 5.74) is 0. The van der Waals surface area contributed by atoms with Crippen molar-refractivity contribution in [3.63, 3.8) is 0 Å². The summed E-state index contributed by atoms with van der Waals surface area (Å²) in [4.78, 5) is 0. The number of unbranched alkanes of at least 4 members (excludes halogenated alkanes) is 3. The van der Waals surface area contributed by atoms with Gasteiger partial charge in [0.1, 0.15) is 0 Å². The van der Waals surface area contributed by atoms with Gasteiger partial charge in [0, 0.05) is 13.5 Å². The number of aliphatic hydroxyl groups is 1. The Morgan fingerprint density at radius 1 is 1.27 bits per heavy atom. The van der Waals surface area contributed by atoms with Gasteiger partial charge in [-0.2, -0.15) is 0 Å². The summed E-state index contributed by atoms with van der Waals surface area (Å²) in [5.74, 6) is 0. The molecule has 0 aromatic carbocycles. The third kappa shape index (κ3) is 9.85. The summed E-state index contributed by atoms with van der Waals surface area (Å²) in [6.07, 6.45) is 4.13. The summed E-state index contributed by atoms with van der Waals surface area (Å²) in [7, 11) is 0. The third-order valence-corrected chi connectivity index (χ3v) is 1.48. The number of aliphatic hydroxyl groups excluding tert-OH is 1. The van der Waals surface area contributed by atoms with Crippen LogP contribution in [0.1, 0.15) is 32.6 Å². The number of thiocarbonyl (C=S) groups is 1. The average Bonchev–Trinajstić information content (AvgIpc) is 1.96. The van der Waals surface area contributed by atoms with Gasteiger partial charge in [0.25, 0.3) is 0 Å². The first-order chi connectivity index (χ1) is 5.27. The van der Waals surface area contributed by atoms with Crippen molar-refractivity contribution in [2.45, 2.75) is 32.6 Å². The second-order valence-corrected chi connectivity index (χ2v) is 3.05. The molecule has 0 radical (unpaired) electrons. The highest BCUT2D eigenvalue weighted by atomic mass is 32.1. The lowest BCUT2D eigenvalue weighted by Crippen LogP contribution is -1.98. The Bertz CT molecular complexity index is 104. The zero-order valence-corrected chi connectivity index (χ0v) is 7.82. The first kappa shape index (κ1) is 10.8. The van der Waals surface area contributed by atoms with Gasteiger partial charge in [-0.25, -0.2) is 0 Å². The van der Waals surface area contributed by atoms with Crippen LogP contribution in [0.25, 0.3) is 0 Å². The maximum absolute atomic E-state index is 8.46. The van der Waals surface area contributed by atoms with Gasteiger partial charge in [0.2, 0.25) is 0 Å². The molecule has 11 heavy (non-hydrogen) atoms. The van der Waals surface area contributed by atoms with Gasteiger partial charge in [0.05, 0.1) is 6.61 Å². The standard InChI is InChI=1S/C8H16O2S/c1-8(11)10-7-5-3-2-4-6-9/h9H,2-7H2,1H3. The highest BCUT2D eigenvalue weighted by molar-refractivity contribution is 7.80. The Morgan fingerprint density at radius 3 is 2.45 bits per heavy atom. The minimum Gasteiger partial charge on any atom is -0.487 e. The first-order valence-electron chi connectivity index (χ1n) is 4.01. The molecule has 0 bridgehead atoms. The van der Waals surface area contributed by atoms with Crippen molar-refractivity contribution in [1.82, 2.24) is 0 Å². The lowest BCUT2D eigenvalue weighted by molar-refractivity contribution is 0.271. The zero-order valence-electron chi connectivity index (χ0n) is 7.01. The van der Waals surface area contributed by atoms with Gasteiger partial charge in [-0.05, 0) is 31.5 Å². The maximum Gasteiger partial charge on any atom is 0.156 e. The van der Waals surface area contributed by atoms with E-state index in [2.05, 4.69) is 0 Å². The zero-order chi connectivity index (χ0) is 8.53. The van der Waals surface area contributed by atoms with Crippen LogP contribution >= 0.6 is 12.2 Å². The summed E-state index contributed by atoms with van der Waals surface area (Å²) in [6.45, 7) is 2.80. The van der Waals surface area contributed by atoms with Gasteiger partial charge >= 0.3 is 0 Å². The third-order valence-electron chi connectivity index (χ3n) is 1.36. The SMILES string of the molecule is CC(=S)OCCCCCCO. The van der Waals surface area contributed by atoms with Crippen LogP contribution in [0, 0.1) is 0 Å². The molecular formula is C8H16O2S. The fourth-order valence-corrected chi connectivity index (χ4v) is 0.867. The van der Waals surface area contributed by atoms with Crippen LogP contribution in [0.3, 0.4) is 0 Å². The fraction of sp³-hybridized carbons (Fsp3) is 0.875. The van der Waals surface area contributed by atoms with Crippen molar-refractivity contribution in [2.24, 2.45) is 0 Å². The van der Waals surface area contributed by atoms with Gasteiger partial charge < -0.3 is 9.84 Å². The summed E-state index contributed by atoms with van der Waals surface area (Å²) in [6, 6.07) is 0. The lowest BCUT2D eigenvalue weighted by Gasteiger charge is -2.02. The lowest BCUT2D eigenvalue weighted by atomic mass is 10.2. The first-order valence-corrected chi connectivity index (χ1v) is 4.42. The smallest absolute Gasteiger partial charge is 0.156 e. The average molecular weight is 176 g/mol. The van der Waals surface area contributed by atoms with E-state index in [9.17, 15) is 0 Å². The van der Waals surface area contributed by atoms with E-state index in [4.69, 9.17) is 22.1 Å². The molecule has 1 N–H and O–H groups in total. The predicted octanol–water partition coefficient (Wildman–Crippen LogP) is 1.90. The van der Waals surface area contributed by atoms with E-state index in [0.717, 1.165) is 32.3 Å². The molecule has 0 fully saturated rings. The largest absolute Gasteiger partial charge is 0.487 e. The van der Waals surface area contributed by atoms with Crippen LogP contribution in [0.4, 0.5) is 0 Å². The number of hydrogen-bond donors (Lipinski definition) is 1. The van der Waals surface area contributed by atoms with Crippen LogP contribution in [-0.2, 0) is 4.74 Å². The van der Waals surface area contributed by atoms with Crippen molar-refractivity contribution in [2.75, 3.05) is 13.2 Å². The van der Waals surface area contributed by atoms with E-state index >= 15 is 0 Å². The highest BCUT2D eigenvalue weighted by Crippen LogP contribution is 1.99.